The molecule has 3 aliphatic heterocycles. The number of benzene rings is 2. The summed E-state index contributed by atoms with van der Waals surface area (Å²) >= 11 is 0. The molecule has 2 aromatic rings. The van der Waals surface area contributed by atoms with Gasteiger partial charge < -0.3 is 24.2 Å². The van der Waals surface area contributed by atoms with Crippen LogP contribution < -0.4 is 0 Å². The summed E-state index contributed by atoms with van der Waals surface area (Å²) in [5.74, 6) is 0. The molecule has 2 atom stereocenters. The Kier molecular flexibility index (Phi) is 5.69. The van der Waals surface area contributed by atoms with Crippen LogP contribution in [0.25, 0.3) is 0 Å². The summed E-state index contributed by atoms with van der Waals surface area (Å²) in [5.41, 5.74) is 1.89. The van der Waals surface area contributed by atoms with Crippen LogP contribution in [-0.2, 0) is 26.4 Å². The Hall–Kier alpha value is -2.41. The van der Waals surface area contributed by atoms with Crippen LogP contribution in [0.4, 0.5) is 4.79 Å². The van der Waals surface area contributed by atoms with Crippen LogP contribution in [-0.4, -0.2) is 41.4 Å². The average molecular weight is 424 g/mol. The molecule has 5 rings (SSSR count). The molecule has 1 N–H and O–H groups in total. The van der Waals surface area contributed by atoms with Gasteiger partial charge in [-0.1, -0.05) is 54.6 Å². The summed E-state index contributed by atoms with van der Waals surface area (Å²) in [6.45, 7) is 1.48. The standard InChI is InChI=1S/C25H29NO5/c27-24(31-17-18-5-2-1-3-6-18)26-21-7-4-8-22(26)16-25(28,15-21)20-11-9-19(10-12-20)23-29-13-14-30-23/h1-3,5-6,9-12,21-23,28H,4,7-8,13-17H2. The van der Waals surface area contributed by atoms with E-state index in [0.717, 1.165) is 36.0 Å². The number of piperidine rings is 2. The number of fused-ring (bicyclic) bond motifs is 2. The van der Waals surface area contributed by atoms with Gasteiger partial charge in [0.2, 0.25) is 0 Å². The van der Waals surface area contributed by atoms with Crippen molar-refractivity contribution in [2.45, 2.75) is 62.7 Å². The van der Waals surface area contributed by atoms with Gasteiger partial charge >= 0.3 is 6.09 Å². The fourth-order valence-electron chi connectivity index (χ4n) is 5.26. The van der Waals surface area contributed by atoms with Crippen LogP contribution in [0.2, 0.25) is 0 Å². The van der Waals surface area contributed by atoms with Gasteiger partial charge in [0.15, 0.2) is 6.29 Å². The molecule has 0 aromatic heterocycles. The average Bonchev–Trinajstić information content (AvgIpc) is 3.33. The number of carbonyl (C=O) groups excluding carboxylic acids is 1. The van der Waals surface area contributed by atoms with E-state index in [1.54, 1.807) is 0 Å². The van der Waals surface area contributed by atoms with E-state index in [0.29, 0.717) is 26.1 Å². The molecular weight excluding hydrogens is 394 g/mol. The van der Waals surface area contributed by atoms with Crippen molar-refractivity contribution in [2.75, 3.05) is 13.2 Å². The SMILES string of the molecule is O=C(OCc1ccccc1)N1C2CCCC1CC(O)(c1ccc(C3OCCO3)cc1)C2. The molecule has 1 amide bonds. The lowest BCUT2D eigenvalue weighted by atomic mass is 9.72. The van der Waals surface area contributed by atoms with Gasteiger partial charge in [0.05, 0.1) is 18.8 Å². The van der Waals surface area contributed by atoms with E-state index in [2.05, 4.69) is 0 Å². The quantitative estimate of drug-likeness (QED) is 0.795. The fraction of sp³-hybridized carbons (Fsp3) is 0.480. The maximum Gasteiger partial charge on any atom is 0.410 e. The number of ether oxygens (including phenoxy) is 3. The van der Waals surface area contributed by atoms with E-state index in [9.17, 15) is 9.90 Å². The van der Waals surface area contributed by atoms with Gasteiger partial charge in [-0.25, -0.2) is 4.79 Å². The summed E-state index contributed by atoms with van der Waals surface area (Å²) in [4.78, 5) is 14.8. The lowest BCUT2D eigenvalue weighted by Gasteiger charge is -2.51. The zero-order valence-corrected chi connectivity index (χ0v) is 17.6. The predicted molar refractivity (Wildman–Crippen MR) is 114 cm³/mol. The van der Waals surface area contributed by atoms with Crippen molar-refractivity contribution in [1.29, 1.82) is 0 Å². The molecule has 0 radical (unpaired) electrons. The molecule has 2 aromatic carbocycles. The monoisotopic (exact) mass is 423 g/mol. The minimum absolute atomic E-state index is 0.0121. The van der Waals surface area contributed by atoms with E-state index in [1.165, 1.54) is 0 Å². The van der Waals surface area contributed by atoms with Gasteiger partial charge in [-0.05, 0) is 30.4 Å². The van der Waals surface area contributed by atoms with Crippen LogP contribution >= 0.6 is 0 Å². The zero-order valence-electron chi connectivity index (χ0n) is 17.6. The molecule has 0 aliphatic carbocycles. The van der Waals surface area contributed by atoms with E-state index in [-0.39, 0.29) is 31.1 Å². The first-order valence-electron chi connectivity index (χ1n) is 11.2. The Morgan fingerprint density at radius 2 is 1.65 bits per heavy atom. The van der Waals surface area contributed by atoms with Gasteiger partial charge in [0.25, 0.3) is 0 Å². The predicted octanol–water partition coefficient (Wildman–Crippen LogP) is 4.27. The number of aliphatic hydroxyl groups is 1. The molecule has 2 unspecified atom stereocenters. The highest BCUT2D eigenvalue weighted by Gasteiger charge is 2.48. The van der Waals surface area contributed by atoms with Crippen molar-refractivity contribution in [3.05, 3.63) is 71.3 Å². The zero-order chi connectivity index (χ0) is 21.3. The highest BCUT2D eigenvalue weighted by molar-refractivity contribution is 5.69. The number of hydrogen-bond acceptors (Lipinski definition) is 5. The molecular formula is C25H29NO5. The Balaban J connectivity index is 1.28. The maximum atomic E-state index is 12.9. The molecule has 31 heavy (non-hydrogen) atoms. The normalized spacial score (nSPS) is 28.5. The number of rotatable bonds is 4. The molecule has 3 aliphatic rings. The number of hydrogen-bond donors (Lipinski definition) is 1. The largest absolute Gasteiger partial charge is 0.445 e. The Bertz CT molecular complexity index is 880. The molecule has 3 saturated heterocycles. The van der Waals surface area contributed by atoms with Crippen molar-refractivity contribution in [3.8, 4) is 0 Å². The highest BCUT2D eigenvalue weighted by Crippen LogP contribution is 2.45. The van der Waals surface area contributed by atoms with Crippen LogP contribution in [0, 0.1) is 0 Å². The summed E-state index contributed by atoms with van der Waals surface area (Å²) in [6, 6.07) is 17.6. The maximum absolute atomic E-state index is 12.9. The summed E-state index contributed by atoms with van der Waals surface area (Å²) in [6.07, 6.45) is 3.32. The molecule has 2 bridgehead atoms. The molecule has 3 fully saturated rings. The second-order valence-electron chi connectivity index (χ2n) is 8.82. The van der Waals surface area contributed by atoms with Crippen molar-refractivity contribution in [2.24, 2.45) is 0 Å². The van der Waals surface area contributed by atoms with Crippen LogP contribution in [0.1, 0.15) is 55.1 Å². The minimum atomic E-state index is -0.943. The second kappa shape index (κ2) is 8.61. The van der Waals surface area contributed by atoms with Gasteiger partial charge in [-0.15, -0.1) is 0 Å². The van der Waals surface area contributed by atoms with Gasteiger partial charge in [-0.2, -0.15) is 0 Å². The number of nitrogens with zero attached hydrogens (tertiary/aromatic N) is 1. The lowest BCUT2D eigenvalue weighted by Crippen LogP contribution is -2.58. The van der Waals surface area contributed by atoms with Gasteiger partial charge in [-0.3, -0.25) is 0 Å². The first-order valence-corrected chi connectivity index (χ1v) is 11.2. The number of carbonyl (C=O) groups is 1. The lowest BCUT2D eigenvalue weighted by molar-refractivity contribution is -0.0897. The third-order valence-electron chi connectivity index (χ3n) is 6.77. The van der Waals surface area contributed by atoms with Crippen molar-refractivity contribution in [1.82, 2.24) is 4.90 Å². The first kappa shape index (κ1) is 20.5. The Morgan fingerprint density at radius 3 is 2.29 bits per heavy atom. The van der Waals surface area contributed by atoms with Crippen LogP contribution in [0.15, 0.2) is 54.6 Å². The fourth-order valence-corrected chi connectivity index (χ4v) is 5.26. The summed E-state index contributed by atoms with van der Waals surface area (Å²) in [7, 11) is 0. The van der Waals surface area contributed by atoms with E-state index in [1.807, 2.05) is 59.5 Å². The molecule has 0 spiro atoms. The van der Waals surface area contributed by atoms with E-state index < -0.39 is 5.60 Å². The smallest absolute Gasteiger partial charge is 0.410 e. The van der Waals surface area contributed by atoms with Crippen molar-refractivity contribution >= 4 is 6.09 Å². The van der Waals surface area contributed by atoms with Gasteiger partial charge in [0.1, 0.15) is 6.61 Å². The molecule has 3 heterocycles. The number of amides is 1. The molecule has 6 heteroatoms. The minimum Gasteiger partial charge on any atom is -0.445 e. The third kappa shape index (κ3) is 4.20. The van der Waals surface area contributed by atoms with Crippen LogP contribution in [0.3, 0.4) is 0 Å². The van der Waals surface area contributed by atoms with Crippen LogP contribution in [0.5, 0.6) is 0 Å². The topological polar surface area (TPSA) is 68.2 Å². The second-order valence-corrected chi connectivity index (χ2v) is 8.82. The van der Waals surface area contributed by atoms with Gasteiger partial charge in [0, 0.05) is 30.5 Å². The Morgan fingerprint density at radius 1 is 1.00 bits per heavy atom. The van der Waals surface area contributed by atoms with Crippen molar-refractivity contribution in [3.63, 3.8) is 0 Å². The summed E-state index contributed by atoms with van der Waals surface area (Å²) in [5, 5.41) is 11.6. The first-order chi connectivity index (χ1) is 15.1. The van der Waals surface area contributed by atoms with Crippen molar-refractivity contribution < 1.29 is 24.1 Å². The Labute approximate surface area is 182 Å². The third-order valence-corrected chi connectivity index (χ3v) is 6.77. The highest BCUT2D eigenvalue weighted by atomic mass is 16.7. The van der Waals surface area contributed by atoms with E-state index >= 15 is 0 Å². The summed E-state index contributed by atoms with van der Waals surface area (Å²) < 4.78 is 16.8. The van der Waals surface area contributed by atoms with E-state index in [4.69, 9.17) is 14.2 Å². The molecule has 0 saturated carbocycles. The molecule has 6 nitrogen and oxygen atoms in total. The molecule has 164 valence electrons.